The van der Waals surface area contributed by atoms with Crippen molar-refractivity contribution < 1.29 is 0 Å². The summed E-state index contributed by atoms with van der Waals surface area (Å²) in [5, 5.41) is 7.98. The van der Waals surface area contributed by atoms with Crippen LogP contribution >= 0.6 is 0 Å². The highest BCUT2D eigenvalue weighted by Gasteiger charge is 2.22. The Morgan fingerprint density at radius 3 is 2.57 bits per heavy atom. The van der Waals surface area contributed by atoms with E-state index in [4.69, 9.17) is 0 Å². The number of aliphatic imine (C=N–C) groups is 2. The van der Waals surface area contributed by atoms with Crippen molar-refractivity contribution in [2.24, 2.45) is 20.2 Å². The maximum absolute atomic E-state index is 4.12. The van der Waals surface area contributed by atoms with Gasteiger partial charge >= 0.3 is 0 Å². The molecule has 0 saturated heterocycles. The third kappa shape index (κ3) is 0.939. The minimum absolute atomic E-state index is 0.615. The zero-order chi connectivity index (χ0) is 9.38. The fraction of sp³-hybridized carbons (Fsp3) is 0. The molecule has 3 rings (SSSR count). The third-order valence-corrected chi connectivity index (χ3v) is 2.09. The summed E-state index contributed by atoms with van der Waals surface area (Å²) >= 11 is 0. The molecule has 0 aromatic heterocycles. The highest BCUT2D eigenvalue weighted by atomic mass is 15.2. The van der Waals surface area contributed by atoms with Crippen molar-refractivity contribution in [2.45, 2.75) is 0 Å². The molecule has 0 bridgehead atoms. The van der Waals surface area contributed by atoms with Gasteiger partial charge in [0.05, 0.1) is 0 Å². The second-order valence-electron chi connectivity index (χ2n) is 2.96. The Kier molecular flexibility index (Phi) is 1.41. The van der Waals surface area contributed by atoms with E-state index in [1.807, 2.05) is 30.3 Å². The molecule has 14 heavy (non-hydrogen) atoms. The van der Waals surface area contributed by atoms with E-state index in [0.717, 1.165) is 17.0 Å². The number of fused-ring (bicyclic) bond motifs is 1. The van der Waals surface area contributed by atoms with Gasteiger partial charge in [-0.2, -0.15) is 0 Å². The fourth-order valence-electron chi connectivity index (χ4n) is 1.44. The van der Waals surface area contributed by atoms with E-state index in [0.29, 0.717) is 5.84 Å². The van der Waals surface area contributed by atoms with Crippen molar-refractivity contribution in [1.82, 2.24) is 0 Å². The van der Waals surface area contributed by atoms with Crippen LogP contribution in [0.1, 0.15) is 5.56 Å². The first-order chi connectivity index (χ1) is 6.95. The van der Waals surface area contributed by atoms with Gasteiger partial charge in [0.2, 0.25) is 5.84 Å². The Morgan fingerprint density at radius 1 is 0.857 bits per heavy atom. The molecule has 66 valence electrons. The molecule has 2 aliphatic rings. The van der Waals surface area contributed by atoms with Crippen LogP contribution < -0.4 is 0 Å². The zero-order valence-corrected chi connectivity index (χ0v) is 7.25. The maximum atomic E-state index is 4.12. The summed E-state index contributed by atoms with van der Waals surface area (Å²) in [5.41, 5.74) is 2.60. The normalized spacial score (nSPS) is 17.6. The quantitative estimate of drug-likeness (QED) is 0.639. The topological polar surface area (TPSA) is 49.4 Å². The van der Waals surface area contributed by atoms with E-state index >= 15 is 0 Å². The molecule has 0 atom stereocenters. The lowest BCUT2D eigenvalue weighted by Crippen LogP contribution is -1.88. The largest absolute Gasteiger partial charge is 0.230 e. The molecular weight excluding hydrogens is 176 g/mol. The van der Waals surface area contributed by atoms with E-state index < -0.39 is 0 Å². The van der Waals surface area contributed by atoms with Crippen molar-refractivity contribution in [2.75, 3.05) is 0 Å². The molecule has 4 heteroatoms. The summed E-state index contributed by atoms with van der Waals surface area (Å²) in [4.78, 5) is 8.10. The highest BCUT2D eigenvalue weighted by Crippen LogP contribution is 2.29. The Balaban J connectivity index is 2.17. The number of rotatable bonds is 1. The van der Waals surface area contributed by atoms with Crippen LogP contribution in [-0.2, 0) is 0 Å². The van der Waals surface area contributed by atoms with Crippen LogP contribution in [0.4, 0.5) is 0 Å². The second-order valence-corrected chi connectivity index (χ2v) is 2.96. The monoisotopic (exact) mass is 182 g/mol. The minimum atomic E-state index is 0.615. The lowest BCUT2D eigenvalue weighted by atomic mass is 10.1. The number of hydrogen-bond donors (Lipinski definition) is 0. The molecule has 4 nitrogen and oxygen atoms in total. The molecule has 0 saturated carbocycles. The van der Waals surface area contributed by atoms with Crippen LogP contribution in [0.5, 0.6) is 0 Å². The molecule has 0 spiro atoms. The van der Waals surface area contributed by atoms with Crippen LogP contribution in [0.3, 0.4) is 0 Å². The highest BCUT2D eigenvalue weighted by molar-refractivity contribution is 6.13. The Labute approximate surface area is 80.4 Å². The van der Waals surface area contributed by atoms with E-state index in [1.54, 1.807) is 0 Å². The smallest absolute Gasteiger partial charge is 0.204 e. The fourth-order valence-corrected chi connectivity index (χ4v) is 1.44. The number of amidine groups is 1. The number of hydrogen-bond acceptors (Lipinski definition) is 4. The van der Waals surface area contributed by atoms with Crippen molar-refractivity contribution in [3.8, 4) is 0 Å². The molecule has 0 fully saturated rings. The maximum Gasteiger partial charge on any atom is 0.204 e. The van der Waals surface area contributed by atoms with Gasteiger partial charge in [-0.05, 0) is 0 Å². The number of benzene rings is 1. The van der Waals surface area contributed by atoms with Crippen LogP contribution in [0.25, 0.3) is 5.70 Å². The van der Waals surface area contributed by atoms with Gasteiger partial charge in [-0.1, -0.05) is 30.3 Å². The first kappa shape index (κ1) is 7.32. The predicted molar refractivity (Wildman–Crippen MR) is 54.1 cm³/mol. The van der Waals surface area contributed by atoms with Crippen LogP contribution in [-0.4, -0.2) is 12.2 Å². The summed E-state index contributed by atoms with van der Waals surface area (Å²) in [5.74, 6) is 0.615. The third-order valence-electron chi connectivity index (χ3n) is 2.09. The summed E-state index contributed by atoms with van der Waals surface area (Å²) in [6.07, 6.45) is 1.51. The average Bonchev–Trinajstić information content (AvgIpc) is 2.79. The van der Waals surface area contributed by atoms with Crippen molar-refractivity contribution in [3.63, 3.8) is 0 Å². The van der Waals surface area contributed by atoms with E-state index in [2.05, 4.69) is 20.2 Å². The molecule has 0 amide bonds. The summed E-state index contributed by atoms with van der Waals surface area (Å²) in [7, 11) is 0. The van der Waals surface area contributed by atoms with E-state index in [-0.39, 0.29) is 0 Å². The van der Waals surface area contributed by atoms with Crippen molar-refractivity contribution >= 4 is 17.9 Å². The first-order valence-electron chi connectivity index (χ1n) is 4.27. The van der Waals surface area contributed by atoms with Gasteiger partial charge in [-0.25, -0.2) is 9.98 Å². The van der Waals surface area contributed by atoms with Crippen LogP contribution in [0, 0.1) is 0 Å². The average molecular weight is 182 g/mol. The van der Waals surface area contributed by atoms with Gasteiger partial charge in [0.1, 0.15) is 17.7 Å². The van der Waals surface area contributed by atoms with E-state index in [9.17, 15) is 0 Å². The predicted octanol–water partition coefficient (Wildman–Crippen LogP) is 2.26. The van der Waals surface area contributed by atoms with Crippen LogP contribution in [0.2, 0.25) is 0 Å². The molecule has 1 aromatic rings. The molecule has 1 aromatic carbocycles. The summed E-state index contributed by atoms with van der Waals surface area (Å²) in [6.45, 7) is 0. The lowest BCUT2D eigenvalue weighted by molar-refractivity contribution is 1.33. The van der Waals surface area contributed by atoms with Gasteiger partial charge in [0.25, 0.3) is 0 Å². The molecule has 0 N–H and O–H groups in total. The Hall–Kier alpha value is -2.10. The van der Waals surface area contributed by atoms with Gasteiger partial charge in [-0.3, -0.25) is 0 Å². The number of nitrogens with zero attached hydrogens (tertiary/aromatic N) is 4. The zero-order valence-electron chi connectivity index (χ0n) is 7.25. The van der Waals surface area contributed by atoms with Crippen molar-refractivity contribution in [1.29, 1.82) is 0 Å². The minimum Gasteiger partial charge on any atom is -0.230 e. The Morgan fingerprint density at radius 2 is 1.71 bits per heavy atom. The standard InChI is InChI=1S/C10H6N4/c1-2-4-7(5-3-1)8-9-10(14-13-8)12-6-11-9/h1-6H. The summed E-state index contributed by atoms with van der Waals surface area (Å²) in [6, 6.07) is 9.86. The first-order valence-corrected chi connectivity index (χ1v) is 4.27. The van der Waals surface area contributed by atoms with Gasteiger partial charge < -0.3 is 0 Å². The molecular formula is C10H6N4. The molecule has 0 unspecified atom stereocenters. The lowest BCUT2D eigenvalue weighted by Gasteiger charge is -1.96. The Bertz CT molecular complexity index is 494. The molecule has 0 radical (unpaired) electrons. The van der Waals surface area contributed by atoms with Gasteiger partial charge in [-0.15, -0.1) is 10.2 Å². The van der Waals surface area contributed by atoms with E-state index in [1.165, 1.54) is 6.34 Å². The van der Waals surface area contributed by atoms with Crippen LogP contribution in [0.15, 0.2) is 56.2 Å². The SMILES string of the molecule is C1=NC2=C(c3ccccc3)N=NC2=N1. The molecule has 2 aliphatic heterocycles. The second kappa shape index (κ2) is 2.70. The van der Waals surface area contributed by atoms with Gasteiger partial charge in [0.15, 0.2) is 0 Å². The van der Waals surface area contributed by atoms with Gasteiger partial charge in [0, 0.05) is 5.56 Å². The summed E-state index contributed by atoms with van der Waals surface area (Å²) < 4.78 is 0. The molecule has 2 heterocycles. The molecule has 0 aliphatic carbocycles. The van der Waals surface area contributed by atoms with Crippen molar-refractivity contribution in [3.05, 3.63) is 41.6 Å². The number of azo groups is 1.